The number of benzene rings is 1. The van der Waals surface area contributed by atoms with Gasteiger partial charge in [0.25, 0.3) is 6.43 Å². The highest BCUT2D eigenvalue weighted by Crippen LogP contribution is 2.14. The number of para-hydroxylation sites is 1. The largest absolute Gasteiger partial charge is 0.386 e. The number of nitrogens with zero attached hydrogens (tertiary/aromatic N) is 2. The Hall–Kier alpha value is -1.79. The molecule has 0 amide bonds. The molecule has 0 bridgehead atoms. The Morgan fingerprint density at radius 3 is 2.65 bits per heavy atom. The molecule has 1 unspecified atom stereocenters. The van der Waals surface area contributed by atoms with Gasteiger partial charge in [0.2, 0.25) is 0 Å². The highest BCUT2D eigenvalue weighted by atomic mass is 19.3. The number of nitrogens with one attached hydrogen (secondary N) is 1. The van der Waals surface area contributed by atoms with Crippen LogP contribution in [-0.4, -0.2) is 33.7 Å². The number of halogens is 2. The Morgan fingerprint density at radius 1 is 1.30 bits per heavy atom. The van der Waals surface area contributed by atoms with Crippen molar-refractivity contribution in [1.82, 2.24) is 14.9 Å². The van der Waals surface area contributed by atoms with Gasteiger partial charge in [-0.2, -0.15) is 0 Å². The van der Waals surface area contributed by atoms with E-state index < -0.39 is 12.5 Å². The minimum Gasteiger partial charge on any atom is -0.386 e. The molecule has 0 spiro atoms. The molecule has 20 heavy (non-hydrogen) atoms. The quantitative estimate of drug-likeness (QED) is 0.850. The number of aliphatic hydroxyl groups is 1. The van der Waals surface area contributed by atoms with E-state index in [-0.39, 0.29) is 6.54 Å². The van der Waals surface area contributed by atoms with Crippen LogP contribution >= 0.6 is 0 Å². The van der Waals surface area contributed by atoms with Crippen molar-refractivity contribution in [3.63, 3.8) is 0 Å². The molecule has 2 rings (SSSR count). The average molecular weight is 281 g/mol. The van der Waals surface area contributed by atoms with Crippen molar-refractivity contribution in [3.05, 3.63) is 48.0 Å². The minimum absolute atomic E-state index is 0.156. The zero-order chi connectivity index (χ0) is 14.5. The molecule has 1 aromatic carbocycles. The highest BCUT2D eigenvalue weighted by molar-refractivity contribution is 5.35. The maximum Gasteiger partial charge on any atom is 0.265 e. The first-order chi connectivity index (χ1) is 9.59. The summed E-state index contributed by atoms with van der Waals surface area (Å²) in [5, 5.41) is 11.9. The van der Waals surface area contributed by atoms with Gasteiger partial charge in [0.1, 0.15) is 11.9 Å². The number of hydrogen-bond donors (Lipinski definition) is 2. The number of aryl methyl sites for hydroxylation is 1. The van der Waals surface area contributed by atoms with Crippen LogP contribution in [0.3, 0.4) is 0 Å². The Kier molecular flexibility index (Phi) is 4.81. The predicted molar refractivity (Wildman–Crippen MR) is 72.0 cm³/mol. The van der Waals surface area contributed by atoms with Crippen LogP contribution in [0.25, 0.3) is 5.69 Å². The van der Waals surface area contributed by atoms with Crippen molar-refractivity contribution >= 4 is 0 Å². The fraction of sp³-hybridized carbons (Fsp3) is 0.357. The Bertz CT molecular complexity index is 543. The normalized spacial score (nSPS) is 12.8. The van der Waals surface area contributed by atoms with Crippen molar-refractivity contribution in [2.75, 3.05) is 6.54 Å². The van der Waals surface area contributed by atoms with E-state index in [1.54, 1.807) is 6.20 Å². The van der Waals surface area contributed by atoms with Crippen LogP contribution in [0.4, 0.5) is 8.78 Å². The first-order valence-electron chi connectivity index (χ1n) is 6.35. The molecule has 2 N–H and O–H groups in total. The van der Waals surface area contributed by atoms with Crippen LogP contribution in [0, 0.1) is 6.92 Å². The maximum absolute atomic E-state index is 12.2. The summed E-state index contributed by atoms with van der Waals surface area (Å²) in [6.45, 7) is 2.08. The van der Waals surface area contributed by atoms with E-state index in [4.69, 9.17) is 5.11 Å². The number of aromatic nitrogens is 2. The lowest BCUT2D eigenvalue weighted by atomic mass is 10.3. The Morgan fingerprint density at radius 2 is 2.00 bits per heavy atom. The first kappa shape index (κ1) is 14.6. The van der Waals surface area contributed by atoms with Gasteiger partial charge in [0, 0.05) is 18.8 Å². The van der Waals surface area contributed by atoms with Crippen LogP contribution in [-0.2, 0) is 6.54 Å². The lowest BCUT2D eigenvalue weighted by Gasteiger charge is -2.13. The SMILES string of the molecule is Cc1ncc(CNCC(O)C(F)F)n1-c1ccccc1. The molecule has 0 saturated carbocycles. The van der Waals surface area contributed by atoms with E-state index in [1.807, 2.05) is 41.8 Å². The summed E-state index contributed by atoms with van der Waals surface area (Å²) < 4.78 is 26.3. The second kappa shape index (κ2) is 6.58. The summed E-state index contributed by atoms with van der Waals surface area (Å²) in [6.07, 6.45) is -2.68. The summed E-state index contributed by atoms with van der Waals surface area (Å²) >= 11 is 0. The van der Waals surface area contributed by atoms with Gasteiger partial charge in [-0.25, -0.2) is 13.8 Å². The van der Waals surface area contributed by atoms with Gasteiger partial charge in [0.05, 0.1) is 11.9 Å². The monoisotopic (exact) mass is 281 g/mol. The van der Waals surface area contributed by atoms with Crippen LogP contribution in [0.1, 0.15) is 11.5 Å². The molecule has 0 radical (unpaired) electrons. The summed E-state index contributed by atoms with van der Waals surface area (Å²) in [5.74, 6) is 0.822. The second-order valence-corrected chi connectivity index (χ2v) is 4.50. The molecule has 0 aliphatic rings. The van der Waals surface area contributed by atoms with Gasteiger partial charge in [0.15, 0.2) is 0 Å². The molecule has 1 heterocycles. The summed E-state index contributed by atoms with van der Waals surface area (Å²) in [4.78, 5) is 4.24. The van der Waals surface area contributed by atoms with Crippen molar-refractivity contribution < 1.29 is 13.9 Å². The third-order valence-corrected chi connectivity index (χ3v) is 2.98. The molecule has 0 saturated heterocycles. The van der Waals surface area contributed by atoms with Gasteiger partial charge in [-0.3, -0.25) is 4.57 Å². The van der Waals surface area contributed by atoms with Gasteiger partial charge in [-0.15, -0.1) is 0 Å². The molecular weight excluding hydrogens is 264 g/mol. The number of alkyl halides is 2. The fourth-order valence-electron chi connectivity index (χ4n) is 1.98. The molecule has 0 fully saturated rings. The van der Waals surface area contributed by atoms with Crippen LogP contribution in [0.5, 0.6) is 0 Å². The number of rotatable bonds is 6. The number of hydrogen-bond acceptors (Lipinski definition) is 3. The van der Waals surface area contributed by atoms with E-state index >= 15 is 0 Å². The third-order valence-electron chi connectivity index (χ3n) is 2.98. The predicted octanol–water partition coefficient (Wildman–Crippen LogP) is 1.90. The topological polar surface area (TPSA) is 50.1 Å². The van der Waals surface area contributed by atoms with E-state index in [0.29, 0.717) is 6.54 Å². The third kappa shape index (κ3) is 3.40. The van der Waals surface area contributed by atoms with E-state index in [2.05, 4.69) is 10.3 Å². The molecule has 1 atom stereocenters. The molecule has 1 aromatic heterocycles. The van der Waals surface area contributed by atoms with Gasteiger partial charge in [-0.05, 0) is 19.1 Å². The lowest BCUT2D eigenvalue weighted by molar-refractivity contribution is -0.00345. The number of aliphatic hydroxyl groups excluding tert-OH is 1. The van der Waals surface area contributed by atoms with Gasteiger partial charge < -0.3 is 10.4 Å². The maximum atomic E-state index is 12.2. The molecule has 0 aliphatic carbocycles. The lowest BCUT2D eigenvalue weighted by Crippen LogP contribution is -2.32. The fourth-order valence-corrected chi connectivity index (χ4v) is 1.98. The Labute approximate surface area is 116 Å². The molecular formula is C14H17F2N3O. The zero-order valence-corrected chi connectivity index (χ0v) is 11.1. The molecule has 2 aromatic rings. The smallest absolute Gasteiger partial charge is 0.265 e. The van der Waals surface area contributed by atoms with E-state index in [9.17, 15) is 8.78 Å². The van der Waals surface area contributed by atoms with Crippen molar-refractivity contribution in [2.24, 2.45) is 0 Å². The van der Waals surface area contributed by atoms with Crippen LogP contribution < -0.4 is 5.32 Å². The standard InChI is InChI=1S/C14H17F2N3O/c1-10-18-8-12(7-17-9-13(20)14(15)16)19(10)11-5-3-2-4-6-11/h2-6,8,13-14,17,20H,7,9H2,1H3. The average Bonchev–Trinajstić information content (AvgIpc) is 2.80. The molecule has 4 nitrogen and oxygen atoms in total. The summed E-state index contributed by atoms with van der Waals surface area (Å²) in [5.41, 5.74) is 1.82. The second-order valence-electron chi connectivity index (χ2n) is 4.50. The highest BCUT2D eigenvalue weighted by Gasteiger charge is 2.16. The first-order valence-corrected chi connectivity index (χ1v) is 6.35. The summed E-state index contributed by atoms with van der Waals surface area (Å²) in [7, 11) is 0. The van der Waals surface area contributed by atoms with Crippen LogP contribution in [0.15, 0.2) is 36.5 Å². The molecule has 6 heteroatoms. The van der Waals surface area contributed by atoms with Gasteiger partial charge in [-0.1, -0.05) is 18.2 Å². The van der Waals surface area contributed by atoms with Crippen molar-refractivity contribution in [3.8, 4) is 5.69 Å². The zero-order valence-electron chi connectivity index (χ0n) is 11.1. The molecule has 0 aliphatic heterocycles. The van der Waals surface area contributed by atoms with Crippen molar-refractivity contribution in [1.29, 1.82) is 0 Å². The van der Waals surface area contributed by atoms with E-state index in [0.717, 1.165) is 17.2 Å². The van der Waals surface area contributed by atoms with E-state index in [1.165, 1.54) is 0 Å². The minimum atomic E-state index is -2.73. The van der Waals surface area contributed by atoms with Crippen LogP contribution in [0.2, 0.25) is 0 Å². The summed E-state index contributed by atoms with van der Waals surface area (Å²) in [6, 6.07) is 9.67. The molecule has 108 valence electrons. The number of imidazole rings is 1. The van der Waals surface area contributed by atoms with Gasteiger partial charge >= 0.3 is 0 Å². The Balaban J connectivity index is 2.07. The van der Waals surface area contributed by atoms with Crippen molar-refractivity contribution in [2.45, 2.75) is 26.0 Å².